The number of halogens is 2. The van der Waals surface area contributed by atoms with E-state index in [0.29, 0.717) is 6.42 Å². The monoisotopic (exact) mass is 358 g/mol. The minimum absolute atomic E-state index is 0.0805. The molecular weight excluding hydrogens is 347 g/mol. The molecule has 116 valence electrons. The third kappa shape index (κ3) is 3.80. The second kappa shape index (κ2) is 6.69. The first kappa shape index (κ1) is 16.8. The molecule has 4 nitrogen and oxygen atoms in total. The SMILES string of the molecule is O=C(O)c1cc(S(=O)(=O)CCc2ccccc2)c(Cl)cc1Cl. The number of aryl methyl sites for hydroxylation is 1. The summed E-state index contributed by atoms with van der Waals surface area (Å²) in [4.78, 5) is 10.9. The first-order valence-electron chi connectivity index (χ1n) is 6.30. The Bertz CT molecular complexity index is 802. The number of rotatable bonds is 5. The maximum atomic E-state index is 12.4. The second-order valence-electron chi connectivity index (χ2n) is 4.62. The summed E-state index contributed by atoms with van der Waals surface area (Å²) in [5, 5.41) is 8.85. The molecule has 0 atom stereocenters. The zero-order valence-corrected chi connectivity index (χ0v) is 13.6. The van der Waals surface area contributed by atoms with Crippen molar-refractivity contribution < 1.29 is 18.3 Å². The van der Waals surface area contributed by atoms with Crippen LogP contribution in [0.3, 0.4) is 0 Å². The van der Waals surface area contributed by atoms with Crippen LogP contribution in [0.25, 0.3) is 0 Å². The quantitative estimate of drug-likeness (QED) is 0.884. The van der Waals surface area contributed by atoms with Crippen LogP contribution in [0.15, 0.2) is 47.4 Å². The van der Waals surface area contributed by atoms with E-state index in [9.17, 15) is 13.2 Å². The Balaban J connectivity index is 2.33. The molecule has 0 spiro atoms. The van der Waals surface area contributed by atoms with Crippen molar-refractivity contribution in [3.63, 3.8) is 0 Å². The molecule has 22 heavy (non-hydrogen) atoms. The highest BCUT2D eigenvalue weighted by molar-refractivity contribution is 7.91. The Hall–Kier alpha value is -1.56. The summed E-state index contributed by atoms with van der Waals surface area (Å²) in [5.41, 5.74) is 0.582. The fourth-order valence-corrected chi connectivity index (χ4v) is 4.13. The van der Waals surface area contributed by atoms with Crippen LogP contribution in [0.2, 0.25) is 10.0 Å². The van der Waals surface area contributed by atoms with E-state index in [0.717, 1.165) is 17.7 Å². The van der Waals surface area contributed by atoms with Gasteiger partial charge in [0, 0.05) is 0 Å². The predicted molar refractivity (Wildman–Crippen MR) is 85.6 cm³/mol. The van der Waals surface area contributed by atoms with Crippen molar-refractivity contribution in [1.29, 1.82) is 0 Å². The van der Waals surface area contributed by atoms with Crippen LogP contribution < -0.4 is 0 Å². The van der Waals surface area contributed by atoms with Crippen molar-refractivity contribution in [2.75, 3.05) is 5.75 Å². The predicted octanol–water partition coefficient (Wildman–Crippen LogP) is 3.71. The van der Waals surface area contributed by atoms with E-state index in [2.05, 4.69) is 0 Å². The van der Waals surface area contributed by atoms with E-state index in [1.54, 1.807) is 0 Å². The van der Waals surface area contributed by atoms with E-state index in [1.807, 2.05) is 30.3 Å². The fourth-order valence-electron chi connectivity index (χ4n) is 1.94. The smallest absolute Gasteiger partial charge is 0.337 e. The van der Waals surface area contributed by atoms with Gasteiger partial charge in [0.1, 0.15) is 0 Å². The molecule has 1 N–H and O–H groups in total. The zero-order chi connectivity index (χ0) is 16.3. The largest absolute Gasteiger partial charge is 0.478 e. The van der Waals surface area contributed by atoms with Gasteiger partial charge in [-0.15, -0.1) is 0 Å². The molecule has 2 aromatic carbocycles. The maximum absolute atomic E-state index is 12.4. The summed E-state index contributed by atoms with van der Waals surface area (Å²) >= 11 is 11.7. The standard InChI is InChI=1S/C15H12Cl2O4S/c16-12-9-13(17)14(8-11(12)15(18)19)22(20,21)7-6-10-4-2-1-3-5-10/h1-5,8-9H,6-7H2,(H,18,19). The number of carboxylic acid groups (broad SMARTS) is 1. The van der Waals surface area contributed by atoms with Crippen molar-refractivity contribution in [1.82, 2.24) is 0 Å². The number of carboxylic acids is 1. The van der Waals surface area contributed by atoms with Gasteiger partial charge in [0.05, 0.1) is 26.3 Å². The number of carbonyl (C=O) groups is 1. The van der Waals surface area contributed by atoms with Crippen LogP contribution in [-0.2, 0) is 16.3 Å². The molecule has 0 fully saturated rings. The fraction of sp³-hybridized carbons (Fsp3) is 0.133. The van der Waals surface area contributed by atoms with Crippen molar-refractivity contribution in [2.24, 2.45) is 0 Å². The van der Waals surface area contributed by atoms with Gasteiger partial charge in [0.15, 0.2) is 9.84 Å². The lowest BCUT2D eigenvalue weighted by molar-refractivity contribution is 0.0697. The maximum Gasteiger partial charge on any atom is 0.337 e. The third-order valence-corrected chi connectivity index (χ3v) is 5.58. The van der Waals surface area contributed by atoms with E-state index in [4.69, 9.17) is 28.3 Å². The van der Waals surface area contributed by atoms with Crippen LogP contribution in [0.1, 0.15) is 15.9 Å². The third-order valence-electron chi connectivity index (χ3n) is 3.09. The van der Waals surface area contributed by atoms with Gasteiger partial charge in [-0.2, -0.15) is 0 Å². The molecule has 7 heteroatoms. The van der Waals surface area contributed by atoms with Gasteiger partial charge in [0.25, 0.3) is 0 Å². The minimum Gasteiger partial charge on any atom is -0.478 e. The Morgan fingerprint density at radius 3 is 2.27 bits per heavy atom. The van der Waals surface area contributed by atoms with Crippen LogP contribution in [0, 0.1) is 0 Å². The molecular formula is C15H12Cl2O4S. The summed E-state index contributed by atoms with van der Waals surface area (Å²) in [6.45, 7) is 0. The molecule has 0 aliphatic rings. The Morgan fingerprint density at radius 1 is 1.05 bits per heavy atom. The highest BCUT2D eigenvalue weighted by Crippen LogP contribution is 2.29. The zero-order valence-electron chi connectivity index (χ0n) is 11.3. The van der Waals surface area contributed by atoms with Gasteiger partial charge in [0.2, 0.25) is 0 Å². The molecule has 2 aromatic rings. The van der Waals surface area contributed by atoms with Crippen molar-refractivity contribution in [2.45, 2.75) is 11.3 Å². The second-order valence-corrected chi connectivity index (χ2v) is 7.51. The summed E-state index contributed by atoms with van der Waals surface area (Å²) in [5.74, 6) is -1.47. The van der Waals surface area contributed by atoms with Crippen LogP contribution in [0.5, 0.6) is 0 Å². The number of hydrogen-bond acceptors (Lipinski definition) is 3. The molecule has 0 bridgehead atoms. The van der Waals surface area contributed by atoms with Crippen LogP contribution in [0.4, 0.5) is 0 Å². The van der Waals surface area contributed by atoms with E-state index in [1.165, 1.54) is 0 Å². The topological polar surface area (TPSA) is 71.4 Å². The van der Waals surface area contributed by atoms with Crippen molar-refractivity contribution in [3.05, 3.63) is 63.6 Å². The molecule has 0 aliphatic heterocycles. The molecule has 0 saturated carbocycles. The summed E-state index contributed by atoms with van der Waals surface area (Å²) < 4.78 is 24.8. The molecule has 0 aliphatic carbocycles. The number of benzene rings is 2. The van der Waals surface area contributed by atoms with Gasteiger partial charge >= 0.3 is 5.97 Å². The number of aromatic carboxylic acids is 1. The summed E-state index contributed by atoms with van der Waals surface area (Å²) in [6, 6.07) is 11.3. The highest BCUT2D eigenvalue weighted by Gasteiger charge is 2.22. The molecule has 0 heterocycles. The Labute approximate surface area is 138 Å². The van der Waals surface area contributed by atoms with Crippen LogP contribution >= 0.6 is 23.2 Å². The molecule has 0 aromatic heterocycles. The molecule has 0 amide bonds. The lowest BCUT2D eigenvalue weighted by atomic mass is 10.2. The van der Waals surface area contributed by atoms with E-state index in [-0.39, 0.29) is 26.3 Å². The molecule has 0 saturated heterocycles. The molecule has 0 unspecified atom stereocenters. The minimum atomic E-state index is -3.72. The van der Waals surface area contributed by atoms with E-state index >= 15 is 0 Å². The first-order chi connectivity index (χ1) is 10.3. The average Bonchev–Trinajstić information content (AvgIpc) is 2.45. The number of sulfone groups is 1. The van der Waals surface area contributed by atoms with Crippen molar-refractivity contribution >= 4 is 39.0 Å². The molecule has 2 rings (SSSR count). The van der Waals surface area contributed by atoms with Crippen LogP contribution in [-0.4, -0.2) is 25.2 Å². The molecule has 0 radical (unpaired) electrons. The van der Waals surface area contributed by atoms with Gasteiger partial charge in [-0.3, -0.25) is 0 Å². The normalized spacial score (nSPS) is 11.4. The highest BCUT2D eigenvalue weighted by atomic mass is 35.5. The van der Waals surface area contributed by atoms with Gasteiger partial charge in [-0.05, 0) is 24.1 Å². The Kier molecular flexibility index (Phi) is 5.11. The summed E-state index contributed by atoms with van der Waals surface area (Å²) in [6.07, 6.45) is 0.310. The van der Waals surface area contributed by atoms with Gasteiger partial charge in [-0.1, -0.05) is 53.5 Å². The van der Waals surface area contributed by atoms with E-state index < -0.39 is 15.8 Å². The first-order valence-corrected chi connectivity index (χ1v) is 8.71. The lowest BCUT2D eigenvalue weighted by Crippen LogP contribution is -2.11. The summed E-state index contributed by atoms with van der Waals surface area (Å²) in [7, 11) is -3.72. The van der Waals surface area contributed by atoms with Gasteiger partial charge < -0.3 is 5.11 Å². The van der Waals surface area contributed by atoms with Gasteiger partial charge in [-0.25, -0.2) is 13.2 Å². The Morgan fingerprint density at radius 2 is 1.68 bits per heavy atom. The lowest BCUT2D eigenvalue weighted by Gasteiger charge is -2.09. The number of hydrogen-bond donors (Lipinski definition) is 1. The average molecular weight is 359 g/mol. The van der Waals surface area contributed by atoms with Crippen molar-refractivity contribution in [3.8, 4) is 0 Å².